The summed E-state index contributed by atoms with van der Waals surface area (Å²) in [6.45, 7) is 1.26. The average molecular weight is 475 g/mol. The summed E-state index contributed by atoms with van der Waals surface area (Å²) in [7, 11) is -3.39. The quantitative estimate of drug-likeness (QED) is 0.550. The summed E-state index contributed by atoms with van der Waals surface area (Å²) >= 11 is 3.53. The smallest absolute Gasteiger partial charge is 0.212 e. The third-order valence-corrected chi connectivity index (χ3v) is 6.98. The van der Waals surface area contributed by atoms with Crippen LogP contribution in [0.3, 0.4) is 0 Å². The lowest BCUT2D eigenvalue weighted by atomic mass is 9.98. The molecular weight excluding hydrogens is 452 g/mol. The SMILES string of the molecule is O=S(=O)(CCc1ccccc1)NC1Cc2cc(Br)ccc2N(Cc2cnc[nH]2)C1. The fraction of sp³-hybridized carbons (Fsp3) is 0.286. The molecule has 0 saturated carbocycles. The van der Waals surface area contributed by atoms with Gasteiger partial charge >= 0.3 is 0 Å². The van der Waals surface area contributed by atoms with Crippen LogP contribution in [0.2, 0.25) is 0 Å². The molecule has 2 aromatic carbocycles. The molecule has 0 radical (unpaired) electrons. The fourth-order valence-corrected chi connectivity index (χ4v) is 5.43. The van der Waals surface area contributed by atoms with Gasteiger partial charge in [0.05, 0.1) is 24.3 Å². The molecule has 0 bridgehead atoms. The number of aromatic amines is 1. The van der Waals surface area contributed by atoms with Gasteiger partial charge in [-0.25, -0.2) is 18.1 Å². The van der Waals surface area contributed by atoms with Crippen LogP contribution in [0, 0.1) is 0 Å². The first kappa shape index (κ1) is 20.1. The van der Waals surface area contributed by atoms with Gasteiger partial charge in [0.15, 0.2) is 0 Å². The molecule has 4 rings (SSSR count). The molecule has 1 atom stereocenters. The molecule has 0 saturated heterocycles. The number of rotatable bonds is 7. The number of benzene rings is 2. The van der Waals surface area contributed by atoms with Crippen molar-refractivity contribution in [2.75, 3.05) is 17.2 Å². The highest BCUT2D eigenvalue weighted by Crippen LogP contribution is 2.31. The van der Waals surface area contributed by atoms with Gasteiger partial charge in [-0.05, 0) is 42.2 Å². The summed E-state index contributed by atoms with van der Waals surface area (Å²) in [6, 6.07) is 15.7. The van der Waals surface area contributed by atoms with E-state index < -0.39 is 10.0 Å². The Hall–Kier alpha value is -2.16. The van der Waals surface area contributed by atoms with Gasteiger partial charge in [0.1, 0.15) is 0 Å². The van der Waals surface area contributed by atoms with Crippen LogP contribution in [0.1, 0.15) is 16.8 Å². The Kier molecular flexibility index (Phi) is 6.03. The van der Waals surface area contributed by atoms with E-state index in [-0.39, 0.29) is 11.8 Å². The summed E-state index contributed by atoms with van der Waals surface area (Å²) in [5.41, 5.74) is 4.27. The van der Waals surface area contributed by atoms with E-state index in [0.717, 1.165) is 27.0 Å². The summed E-state index contributed by atoms with van der Waals surface area (Å²) < 4.78 is 29.4. The van der Waals surface area contributed by atoms with Crippen molar-refractivity contribution in [1.29, 1.82) is 0 Å². The van der Waals surface area contributed by atoms with Crippen LogP contribution in [0.25, 0.3) is 0 Å². The Bertz CT molecular complexity index is 1060. The largest absolute Gasteiger partial charge is 0.364 e. The summed E-state index contributed by atoms with van der Waals surface area (Å²) in [6.07, 6.45) is 4.62. The molecule has 0 amide bonds. The first-order chi connectivity index (χ1) is 14.0. The average Bonchev–Trinajstić information content (AvgIpc) is 3.20. The topological polar surface area (TPSA) is 78.1 Å². The molecule has 29 heavy (non-hydrogen) atoms. The number of aryl methyl sites for hydroxylation is 1. The van der Waals surface area contributed by atoms with Crippen molar-refractivity contribution in [1.82, 2.24) is 14.7 Å². The van der Waals surface area contributed by atoms with Crippen molar-refractivity contribution in [3.8, 4) is 0 Å². The second-order valence-corrected chi connectivity index (χ2v) is 10.1. The lowest BCUT2D eigenvalue weighted by Gasteiger charge is -2.36. The molecule has 8 heteroatoms. The van der Waals surface area contributed by atoms with E-state index in [4.69, 9.17) is 0 Å². The van der Waals surface area contributed by atoms with Crippen LogP contribution < -0.4 is 9.62 Å². The van der Waals surface area contributed by atoms with Gasteiger partial charge in [0.25, 0.3) is 0 Å². The highest BCUT2D eigenvalue weighted by atomic mass is 79.9. The molecule has 2 heterocycles. The summed E-state index contributed by atoms with van der Waals surface area (Å²) in [4.78, 5) is 9.41. The second-order valence-electron chi connectivity index (χ2n) is 7.30. The van der Waals surface area contributed by atoms with E-state index >= 15 is 0 Å². The Labute approximate surface area is 179 Å². The standard InChI is InChI=1S/C21H23BrN4O2S/c22-18-6-7-21-17(10-18)11-19(13-26(21)14-20-12-23-15-24-20)25-29(27,28)9-8-16-4-2-1-3-5-16/h1-7,10,12,15,19,25H,8-9,11,13-14H2,(H,23,24). The van der Waals surface area contributed by atoms with Crippen LogP contribution in [0.5, 0.6) is 0 Å². The van der Waals surface area contributed by atoms with Crippen LogP contribution in [0.4, 0.5) is 5.69 Å². The number of nitrogens with one attached hydrogen (secondary N) is 2. The minimum Gasteiger partial charge on any atom is -0.364 e. The fourth-order valence-electron chi connectivity index (χ4n) is 3.74. The van der Waals surface area contributed by atoms with E-state index in [1.165, 1.54) is 0 Å². The highest BCUT2D eigenvalue weighted by Gasteiger charge is 2.28. The zero-order valence-electron chi connectivity index (χ0n) is 15.9. The molecule has 1 aliphatic rings. The lowest BCUT2D eigenvalue weighted by molar-refractivity contribution is 0.523. The Morgan fingerprint density at radius 2 is 2.03 bits per heavy atom. The Balaban J connectivity index is 1.48. The molecule has 0 aliphatic carbocycles. The number of aromatic nitrogens is 2. The van der Waals surface area contributed by atoms with Crippen LogP contribution in [-0.2, 0) is 29.4 Å². The van der Waals surface area contributed by atoms with Gasteiger partial charge in [0.2, 0.25) is 10.0 Å². The third-order valence-electron chi connectivity index (χ3n) is 5.05. The monoisotopic (exact) mass is 474 g/mol. The first-order valence-electron chi connectivity index (χ1n) is 9.53. The predicted molar refractivity (Wildman–Crippen MR) is 118 cm³/mol. The summed E-state index contributed by atoms with van der Waals surface area (Å²) in [5, 5.41) is 0. The number of H-pyrrole nitrogens is 1. The minimum atomic E-state index is -3.39. The molecule has 0 spiro atoms. The zero-order chi connectivity index (χ0) is 20.3. The molecule has 152 valence electrons. The highest BCUT2D eigenvalue weighted by molar-refractivity contribution is 9.10. The molecule has 3 aromatic rings. The number of halogens is 1. The van der Waals surface area contributed by atoms with Crippen LogP contribution in [-0.4, -0.2) is 36.7 Å². The van der Waals surface area contributed by atoms with Gasteiger partial charge in [0, 0.05) is 28.9 Å². The molecule has 2 N–H and O–H groups in total. The number of fused-ring (bicyclic) bond motifs is 1. The normalized spacial score (nSPS) is 16.6. The van der Waals surface area contributed by atoms with Crippen molar-refractivity contribution in [3.05, 3.63) is 82.3 Å². The predicted octanol–water partition coefficient (Wildman–Crippen LogP) is 3.27. The number of imidazole rings is 1. The second kappa shape index (κ2) is 8.69. The molecule has 1 aromatic heterocycles. The Morgan fingerprint density at radius 3 is 2.79 bits per heavy atom. The van der Waals surface area contributed by atoms with Gasteiger partial charge < -0.3 is 9.88 Å². The lowest BCUT2D eigenvalue weighted by Crippen LogP contribution is -2.48. The van der Waals surface area contributed by atoms with Crippen molar-refractivity contribution >= 4 is 31.6 Å². The number of nitrogens with zero attached hydrogens (tertiary/aromatic N) is 2. The van der Waals surface area contributed by atoms with Gasteiger partial charge in [-0.2, -0.15) is 0 Å². The zero-order valence-corrected chi connectivity index (χ0v) is 18.3. The van der Waals surface area contributed by atoms with E-state index in [9.17, 15) is 8.42 Å². The maximum Gasteiger partial charge on any atom is 0.212 e. The molecule has 6 nitrogen and oxygen atoms in total. The number of hydrogen-bond donors (Lipinski definition) is 2. The first-order valence-corrected chi connectivity index (χ1v) is 12.0. The van der Waals surface area contributed by atoms with E-state index in [2.05, 4.69) is 47.7 Å². The van der Waals surface area contributed by atoms with E-state index in [1.54, 1.807) is 12.5 Å². The maximum absolute atomic E-state index is 12.7. The van der Waals surface area contributed by atoms with Crippen molar-refractivity contribution in [2.45, 2.75) is 25.4 Å². The van der Waals surface area contributed by atoms with Gasteiger partial charge in [-0.15, -0.1) is 0 Å². The van der Waals surface area contributed by atoms with Gasteiger partial charge in [-0.3, -0.25) is 0 Å². The molecular formula is C21H23BrN4O2S. The molecule has 0 fully saturated rings. The van der Waals surface area contributed by atoms with Gasteiger partial charge in [-0.1, -0.05) is 46.3 Å². The maximum atomic E-state index is 12.7. The van der Waals surface area contributed by atoms with E-state index in [1.807, 2.05) is 36.4 Å². The van der Waals surface area contributed by atoms with E-state index in [0.29, 0.717) is 25.9 Å². The van der Waals surface area contributed by atoms with Crippen molar-refractivity contribution in [2.24, 2.45) is 0 Å². The molecule has 1 aliphatic heterocycles. The van der Waals surface area contributed by atoms with Crippen molar-refractivity contribution < 1.29 is 8.42 Å². The minimum absolute atomic E-state index is 0.0827. The summed E-state index contributed by atoms with van der Waals surface area (Å²) in [5.74, 6) is 0.0827. The van der Waals surface area contributed by atoms with Crippen LogP contribution >= 0.6 is 15.9 Å². The third kappa shape index (κ3) is 5.26. The molecule has 1 unspecified atom stereocenters. The number of sulfonamides is 1. The van der Waals surface area contributed by atoms with Crippen LogP contribution in [0.15, 0.2) is 65.5 Å². The number of anilines is 1. The van der Waals surface area contributed by atoms with Crippen molar-refractivity contribution in [3.63, 3.8) is 0 Å². The Morgan fingerprint density at radius 1 is 1.21 bits per heavy atom. The number of hydrogen-bond acceptors (Lipinski definition) is 4.